The average molecular weight is 351 g/mol. The Balaban J connectivity index is 1.46. The van der Waals surface area contributed by atoms with Gasteiger partial charge in [0.05, 0.1) is 0 Å². The highest BCUT2D eigenvalue weighted by Gasteiger charge is 2.23. The molecule has 5 nitrogen and oxygen atoms in total. The fourth-order valence-corrected chi connectivity index (χ4v) is 4.12. The molecule has 4 rings (SSSR count). The van der Waals surface area contributed by atoms with Gasteiger partial charge in [-0.25, -0.2) is 4.98 Å². The Labute approximate surface area is 156 Å². The van der Waals surface area contributed by atoms with Crippen LogP contribution in [-0.4, -0.2) is 35.6 Å². The monoisotopic (exact) mass is 351 g/mol. The lowest BCUT2D eigenvalue weighted by molar-refractivity contribution is 0.443. The summed E-state index contributed by atoms with van der Waals surface area (Å²) in [5.74, 6) is 1.72. The van der Waals surface area contributed by atoms with E-state index in [0.29, 0.717) is 6.04 Å². The van der Waals surface area contributed by atoms with Crippen molar-refractivity contribution in [3.63, 3.8) is 0 Å². The van der Waals surface area contributed by atoms with Gasteiger partial charge in [-0.3, -0.25) is 0 Å². The molecule has 0 amide bonds. The van der Waals surface area contributed by atoms with Crippen molar-refractivity contribution in [2.45, 2.75) is 51.5 Å². The number of hydrogen-bond donors (Lipinski definition) is 1. The molecular formula is C21H29N5. The normalized spacial score (nSPS) is 20.4. The summed E-state index contributed by atoms with van der Waals surface area (Å²) < 4.78 is 0. The van der Waals surface area contributed by atoms with E-state index < -0.39 is 0 Å². The van der Waals surface area contributed by atoms with E-state index in [1.54, 1.807) is 0 Å². The van der Waals surface area contributed by atoms with Crippen molar-refractivity contribution < 1.29 is 0 Å². The van der Waals surface area contributed by atoms with Crippen LogP contribution in [-0.2, 0) is 0 Å². The second-order valence-electron chi connectivity index (χ2n) is 7.36. The van der Waals surface area contributed by atoms with Crippen LogP contribution in [0.2, 0.25) is 0 Å². The maximum Gasteiger partial charge on any atom is 0.227 e. The van der Waals surface area contributed by atoms with Gasteiger partial charge in [-0.15, -0.1) is 0 Å². The summed E-state index contributed by atoms with van der Waals surface area (Å²) in [6.07, 6.45) is 9.42. The Hall–Kier alpha value is -2.30. The minimum atomic E-state index is 0.568. The second-order valence-corrected chi connectivity index (χ2v) is 7.36. The molecular weight excluding hydrogens is 322 g/mol. The lowest BCUT2D eigenvalue weighted by atomic mass is 10.0. The number of nitrogens with zero attached hydrogens (tertiary/aromatic N) is 4. The molecule has 5 heteroatoms. The van der Waals surface area contributed by atoms with Crippen LogP contribution in [0.3, 0.4) is 0 Å². The van der Waals surface area contributed by atoms with E-state index in [1.807, 2.05) is 12.3 Å². The van der Waals surface area contributed by atoms with Crippen molar-refractivity contribution >= 4 is 23.1 Å². The van der Waals surface area contributed by atoms with Gasteiger partial charge in [-0.05, 0) is 68.9 Å². The van der Waals surface area contributed by atoms with Crippen molar-refractivity contribution in [3.05, 3.63) is 36.5 Å². The molecule has 1 unspecified atom stereocenters. The summed E-state index contributed by atoms with van der Waals surface area (Å²) in [4.78, 5) is 14.2. The molecule has 1 aromatic heterocycles. The van der Waals surface area contributed by atoms with E-state index in [9.17, 15) is 0 Å². The Bertz CT molecular complexity index is 709. The Morgan fingerprint density at radius 2 is 1.77 bits per heavy atom. The number of piperidine rings is 1. The van der Waals surface area contributed by atoms with Crippen LogP contribution in [0.1, 0.15) is 45.4 Å². The molecule has 1 N–H and O–H groups in total. The van der Waals surface area contributed by atoms with Crippen LogP contribution in [0.15, 0.2) is 36.5 Å². The van der Waals surface area contributed by atoms with Gasteiger partial charge in [0.2, 0.25) is 5.95 Å². The third-order valence-corrected chi connectivity index (χ3v) is 5.61. The van der Waals surface area contributed by atoms with Crippen LogP contribution in [0.5, 0.6) is 0 Å². The average Bonchev–Trinajstić information content (AvgIpc) is 3.23. The maximum atomic E-state index is 4.78. The highest BCUT2D eigenvalue weighted by molar-refractivity contribution is 5.61. The number of aromatic nitrogens is 2. The van der Waals surface area contributed by atoms with Gasteiger partial charge >= 0.3 is 0 Å². The Kier molecular flexibility index (Phi) is 5.23. The molecule has 0 aliphatic carbocycles. The number of rotatable bonds is 5. The van der Waals surface area contributed by atoms with Gasteiger partial charge in [0.25, 0.3) is 0 Å². The molecule has 2 saturated heterocycles. The number of benzene rings is 1. The molecule has 0 saturated carbocycles. The van der Waals surface area contributed by atoms with Gasteiger partial charge in [0.15, 0.2) is 0 Å². The van der Waals surface area contributed by atoms with Crippen LogP contribution >= 0.6 is 0 Å². The van der Waals surface area contributed by atoms with E-state index in [1.165, 1.54) is 50.9 Å². The van der Waals surface area contributed by atoms with Gasteiger partial charge < -0.3 is 15.1 Å². The molecule has 138 valence electrons. The minimum absolute atomic E-state index is 0.568. The van der Waals surface area contributed by atoms with Crippen molar-refractivity contribution in [2.24, 2.45) is 0 Å². The van der Waals surface area contributed by atoms with Gasteiger partial charge in [0.1, 0.15) is 5.82 Å². The summed E-state index contributed by atoms with van der Waals surface area (Å²) in [6, 6.07) is 11.2. The standard InChI is InChI=1S/C21H29N5/c1-2-18-7-3-4-16-26(18)21-22-13-12-20(24-21)23-17-8-10-19(11-9-17)25-14-5-6-15-25/h8-13,18H,2-7,14-16H2,1H3,(H,22,23,24). The molecule has 0 spiro atoms. The Morgan fingerprint density at radius 1 is 1.00 bits per heavy atom. The predicted octanol–water partition coefficient (Wildman–Crippen LogP) is 4.59. The van der Waals surface area contributed by atoms with E-state index in [0.717, 1.165) is 30.4 Å². The van der Waals surface area contributed by atoms with Crippen LogP contribution in [0.25, 0.3) is 0 Å². The lowest BCUT2D eigenvalue weighted by Gasteiger charge is -2.35. The van der Waals surface area contributed by atoms with Crippen molar-refractivity contribution in [1.82, 2.24) is 9.97 Å². The fourth-order valence-electron chi connectivity index (χ4n) is 4.12. The van der Waals surface area contributed by atoms with Gasteiger partial charge in [0, 0.05) is 43.2 Å². The summed E-state index contributed by atoms with van der Waals surface area (Å²) in [6.45, 7) is 5.67. The highest BCUT2D eigenvalue weighted by Crippen LogP contribution is 2.26. The molecule has 2 aliphatic rings. The van der Waals surface area contributed by atoms with Gasteiger partial charge in [-0.2, -0.15) is 4.98 Å². The molecule has 1 aromatic carbocycles. The molecule has 2 aliphatic heterocycles. The molecule has 0 bridgehead atoms. The Morgan fingerprint density at radius 3 is 2.54 bits per heavy atom. The first kappa shape index (κ1) is 17.1. The summed E-state index contributed by atoms with van der Waals surface area (Å²) >= 11 is 0. The lowest BCUT2D eigenvalue weighted by Crippen LogP contribution is -2.40. The topological polar surface area (TPSA) is 44.3 Å². The molecule has 2 fully saturated rings. The quantitative estimate of drug-likeness (QED) is 0.853. The third kappa shape index (κ3) is 3.76. The van der Waals surface area contributed by atoms with E-state index in [4.69, 9.17) is 4.98 Å². The summed E-state index contributed by atoms with van der Waals surface area (Å²) in [7, 11) is 0. The number of anilines is 4. The minimum Gasteiger partial charge on any atom is -0.372 e. The van der Waals surface area contributed by atoms with Crippen LogP contribution < -0.4 is 15.1 Å². The van der Waals surface area contributed by atoms with Gasteiger partial charge in [-0.1, -0.05) is 6.92 Å². The molecule has 2 aromatic rings. The van der Waals surface area contributed by atoms with E-state index >= 15 is 0 Å². The van der Waals surface area contributed by atoms with Crippen molar-refractivity contribution in [2.75, 3.05) is 34.8 Å². The number of nitrogens with one attached hydrogen (secondary N) is 1. The van der Waals surface area contributed by atoms with E-state index in [2.05, 4.69) is 51.3 Å². The zero-order valence-corrected chi connectivity index (χ0v) is 15.7. The smallest absolute Gasteiger partial charge is 0.227 e. The first-order chi connectivity index (χ1) is 12.8. The fraction of sp³-hybridized carbons (Fsp3) is 0.524. The number of hydrogen-bond acceptors (Lipinski definition) is 5. The van der Waals surface area contributed by atoms with E-state index in [-0.39, 0.29) is 0 Å². The molecule has 1 atom stereocenters. The molecule has 0 radical (unpaired) electrons. The third-order valence-electron chi connectivity index (χ3n) is 5.61. The molecule has 26 heavy (non-hydrogen) atoms. The summed E-state index contributed by atoms with van der Waals surface area (Å²) in [5.41, 5.74) is 2.39. The maximum absolute atomic E-state index is 4.78. The second kappa shape index (κ2) is 7.94. The van der Waals surface area contributed by atoms with Crippen molar-refractivity contribution in [1.29, 1.82) is 0 Å². The zero-order valence-electron chi connectivity index (χ0n) is 15.7. The predicted molar refractivity (Wildman–Crippen MR) is 108 cm³/mol. The summed E-state index contributed by atoms with van der Waals surface area (Å²) in [5, 5.41) is 3.44. The van der Waals surface area contributed by atoms with Crippen molar-refractivity contribution in [3.8, 4) is 0 Å². The highest BCUT2D eigenvalue weighted by atomic mass is 15.3. The SMILES string of the molecule is CCC1CCCCN1c1nccc(Nc2ccc(N3CCCC3)cc2)n1. The molecule has 3 heterocycles. The van der Waals surface area contributed by atoms with Crippen LogP contribution in [0.4, 0.5) is 23.1 Å². The first-order valence-electron chi connectivity index (χ1n) is 10.1. The zero-order chi connectivity index (χ0) is 17.8. The largest absolute Gasteiger partial charge is 0.372 e. The van der Waals surface area contributed by atoms with Crippen LogP contribution in [0, 0.1) is 0 Å². The first-order valence-corrected chi connectivity index (χ1v) is 10.1.